The van der Waals surface area contributed by atoms with Gasteiger partial charge in [0.25, 0.3) is 0 Å². The molecule has 0 bridgehead atoms. The Balaban J connectivity index is 2.31. The molecule has 19 heavy (non-hydrogen) atoms. The van der Waals surface area contributed by atoms with E-state index in [1.165, 1.54) is 23.1 Å². The third-order valence-corrected chi connectivity index (χ3v) is 3.02. The van der Waals surface area contributed by atoms with Crippen LogP contribution in [-0.2, 0) is 9.59 Å². The van der Waals surface area contributed by atoms with Gasteiger partial charge in [-0.25, -0.2) is 4.39 Å². The summed E-state index contributed by atoms with van der Waals surface area (Å²) in [5.41, 5.74) is 0.488. The molecule has 1 saturated heterocycles. The topological polar surface area (TPSA) is 61.4 Å². The molecule has 2 N–H and O–H groups in total. The summed E-state index contributed by atoms with van der Waals surface area (Å²) in [5, 5.41) is 5.47. The van der Waals surface area contributed by atoms with E-state index in [9.17, 15) is 14.0 Å². The molecule has 0 saturated carbocycles. The van der Waals surface area contributed by atoms with E-state index in [4.69, 9.17) is 0 Å². The average Bonchev–Trinajstić information content (AvgIpc) is 2.38. The van der Waals surface area contributed by atoms with Crippen LogP contribution in [-0.4, -0.2) is 43.4 Å². The Labute approximate surface area is 110 Å². The summed E-state index contributed by atoms with van der Waals surface area (Å²) in [5.74, 6) is -0.871. The number of halogens is 1. The quantitative estimate of drug-likeness (QED) is 0.811. The van der Waals surface area contributed by atoms with Gasteiger partial charge < -0.3 is 15.5 Å². The van der Waals surface area contributed by atoms with Crippen LogP contribution < -0.4 is 10.6 Å². The van der Waals surface area contributed by atoms with Gasteiger partial charge in [0.15, 0.2) is 0 Å². The first-order valence-corrected chi connectivity index (χ1v) is 6.10. The molecule has 102 valence electrons. The number of nitrogens with zero attached hydrogens (tertiary/aromatic N) is 1. The molecule has 1 aromatic carbocycles. The fraction of sp³-hybridized carbons (Fsp3) is 0.385. The maximum atomic E-state index is 13.3. The summed E-state index contributed by atoms with van der Waals surface area (Å²) in [6, 6.07) is 5.02. The molecular weight excluding hydrogens is 249 g/mol. The summed E-state index contributed by atoms with van der Waals surface area (Å²) in [7, 11) is 1.67. The number of benzene rings is 1. The number of rotatable bonds is 3. The van der Waals surface area contributed by atoms with Gasteiger partial charge in [0.2, 0.25) is 11.8 Å². The molecule has 0 aromatic heterocycles. The SMILES string of the molecule is CNCC(=O)N1CCNC(=O)[C@@H]1c1cccc(F)c1. The zero-order valence-corrected chi connectivity index (χ0v) is 10.6. The summed E-state index contributed by atoms with van der Waals surface area (Å²) < 4.78 is 13.3. The molecule has 0 unspecified atom stereocenters. The number of likely N-dealkylation sites (N-methyl/N-ethyl adjacent to an activating group) is 1. The number of nitrogens with one attached hydrogen (secondary N) is 2. The molecule has 2 rings (SSSR count). The first kappa shape index (κ1) is 13.5. The first-order chi connectivity index (χ1) is 9.13. The lowest BCUT2D eigenvalue weighted by molar-refractivity contribution is -0.142. The predicted molar refractivity (Wildman–Crippen MR) is 67.8 cm³/mol. The first-order valence-electron chi connectivity index (χ1n) is 6.10. The van der Waals surface area contributed by atoms with Crippen LogP contribution in [0.25, 0.3) is 0 Å². The monoisotopic (exact) mass is 265 g/mol. The molecule has 0 radical (unpaired) electrons. The standard InChI is InChI=1S/C13H16FN3O2/c1-15-8-11(18)17-6-5-16-13(19)12(17)9-3-2-4-10(14)7-9/h2-4,7,12,15H,5-6,8H2,1H3,(H,16,19)/t12-/m0/s1. The highest BCUT2D eigenvalue weighted by molar-refractivity contribution is 5.90. The van der Waals surface area contributed by atoms with E-state index in [-0.39, 0.29) is 18.4 Å². The summed E-state index contributed by atoms with van der Waals surface area (Å²) in [4.78, 5) is 25.5. The second kappa shape index (κ2) is 5.79. The second-order valence-corrected chi connectivity index (χ2v) is 4.37. The number of carbonyl (C=O) groups is 2. The minimum Gasteiger partial charge on any atom is -0.352 e. The molecule has 1 fully saturated rings. The normalized spacial score (nSPS) is 19.2. The van der Waals surface area contributed by atoms with Crippen molar-refractivity contribution < 1.29 is 14.0 Å². The van der Waals surface area contributed by atoms with E-state index in [1.807, 2.05) is 0 Å². The Morgan fingerprint density at radius 3 is 3.05 bits per heavy atom. The molecule has 6 heteroatoms. The molecule has 1 atom stereocenters. The van der Waals surface area contributed by atoms with E-state index in [1.54, 1.807) is 13.1 Å². The molecular formula is C13H16FN3O2. The molecule has 1 aliphatic rings. The van der Waals surface area contributed by atoms with Crippen molar-refractivity contribution >= 4 is 11.8 Å². The Bertz CT molecular complexity index is 493. The van der Waals surface area contributed by atoms with Gasteiger partial charge in [0.1, 0.15) is 11.9 Å². The van der Waals surface area contributed by atoms with Crippen molar-refractivity contribution in [3.05, 3.63) is 35.6 Å². The Morgan fingerprint density at radius 1 is 1.58 bits per heavy atom. The number of carbonyl (C=O) groups excluding carboxylic acids is 2. The van der Waals surface area contributed by atoms with Crippen LogP contribution >= 0.6 is 0 Å². The van der Waals surface area contributed by atoms with Gasteiger partial charge in [-0.05, 0) is 24.7 Å². The van der Waals surface area contributed by atoms with Gasteiger partial charge in [-0.15, -0.1) is 0 Å². The molecule has 5 nitrogen and oxygen atoms in total. The summed E-state index contributed by atoms with van der Waals surface area (Å²) in [6.45, 7) is 0.993. The van der Waals surface area contributed by atoms with Crippen LogP contribution in [0.1, 0.15) is 11.6 Å². The van der Waals surface area contributed by atoms with Crippen LogP contribution in [0, 0.1) is 5.82 Å². The highest BCUT2D eigenvalue weighted by Crippen LogP contribution is 2.23. The van der Waals surface area contributed by atoms with Crippen molar-refractivity contribution in [1.82, 2.24) is 15.5 Å². The van der Waals surface area contributed by atoms with Crippen LogP contribution in [0.4, 0.5) is 4.39 Å². The van der Waals surface area contributed by atoms with Crippen molar-refractivity contribution in [1.29, 1.82) is 0 Å². The lowest BCUT2D eigenvalue weighted by Crippen LogP contribution is -2.53. The van der Waals surface area contributed by atoms with Crippen LogP contribution in [0.5, 0.6) is 0 Å². The molecule has 1 heterocycles. The highest BCUT2D eigenvalue weighted by atomic mass is 19.1. The largest absolute Gasteiger partial charge is 0.352 e. The zero-order valence-electron chi connectivity index (χ0n) is 10.6. The van der Waals surface area contributed by atoms with Crippen molar-refractivity contribution in [3.63, 3.8) is 0 Å². The van der Waals surface area contributed by atoms with E-state index in [0.29, 0.717) is 18.7 Å². The molecule has 1 aliphatic heterocycles. The number of hydrogen-bond acceptors (Lipinski definition) is 3. The fourth-order valence-electron chi connectivity index (χ4n) is 2.20. The summed E-state index contributed by atoms with van der Waals surface area (Å²) >= 11 is 0. The van der Waals surface area contributed by atoms with Crippen LogP contribution in [0.15, 0.2) is 24.3 Å². The van der Waals surface area contributed by atoms with Crippen LogP contribution in [0.2, 0.25) is 0 Å². The Kier molecular flexibility index (Phi) is 4.11. The van der Waals surface area contributed by atoms with E-state index < -0.39 is 11.9 Å². The minimum atomic E-state index is -0.759. The van der Waals surface area contributed by atoms with Gasteiger partial charge in [0.05, 0.1) is 6.54 Å². The molecule has 1 aromatic rings. The molecule has 0 aliphatic carbocycles. The third kappa shape index (κ3) is 2.90. The molecule has 0 spiro atoms. The lowest BCUT2D eigenvalue weighted by atomic mass is 10.0. The highest BCUT2D eigenvalue weighted by Gasteiger charge is 2.33. The van der Waals surface area contributed by atoms with Gasteiger partial charge in [-0.1, -0.05) is 12.1 Å². The number of amides is 2. The number of hydrogen-bond donors (Lipinski definition) is 2. The van der Waals surface area contributed by atoms with E-state index >= 15 is 0 Å². The maximum Gasteiger partial charge on any atom is 0.247 e. The maximum absolute atomic E-state index is 13.3. The molecule has 2 amide bonds. The van der Waals surface area contributed by atoms with Gasteiger partial charge in [-0.2, -0.15) is 0 Å². The van der Waals surface area contributed by atoms with Gasteiger partial charge in [0, 0.05) is 13.1 Å². The van der Waals surface area contributed by atoms with Gasteiger partial charge >= 0.3 is 0 Å². The van der Waals surface area contributed by atoms with Crippen molar-refractivity contribution in [2.45, 2.75) is 6.04 Å². The van der Waals surface area contributed by atoms with Crippen molar-refractivity contribution in [2.75, 3.05) is 26.7 Å². The second-order valence-electron chi connectivity index (χ2n) is 4.37. The van der Waals surface area contributed by atoms with Crippen LogP contribution in [0.3, 0.4) is 0 Å². The zero-order chi connectivity index (χ0) is 13.8. The Morgan fingerprint density at radius 2 is 2.37 bits per heavy atom. The van der Waals surface area contributed by atoms with E-state index in [2.05, 4.69) is 10.6 Å². The predicted octanol–water partition coefficient (Wildman–Crippen LogP) is 0.0446. The summed E-state index contributed by atoms with van der Waals surface area (Å²) in [6.07, 6.45) is 0. The number of piperazine rings is 1. The lowest BCUT2D eigenvalue weighted by Gasteiger charge is -2.35. The minimum absolute atomic E-state index is 0.152. The smallest absolute Gasteiger partial charge is 0.247 e. The van der Waals surface area contributed by atoms with Crippen molar-refractivity contribution in [2.24, 2.45) is 0 Å². The fourth-order valence-corrected chi connectivity index (χ4v) is 2.20. The average molecular weight is 265 g/mol. The van der Waals surface area contributed by atoms with Crippen molar-refractivity contribution in [3.8, 4) is 0 Å². The Hall–Kier alpha value is -1.95. The van der Waals surface area contributed by atoms with E-state index in [0.717, 1.165) is 0 Å². The van der Waals surface area contributed by atoms with Gasteiger partial charge in [-0.3, -0.25) is 9.59 Å². The third-order valence-electron chi connectivity index (χ3n) is 3.02.